The monoisotopic (exact) mass is 277 g/mol. The fourth-order valence-electron chi connectivity index (χ4n) is 1.54. The average Bonchev–Trinajstić information content (AvgIpc) is 2.81. The normalized spacial score (nSPS) is 10.2. The zero-order chi connectivity index (χ0) is 14.7. The lowest BCUT2D eigenvalue weighted by molar-refractivity contribution is -0.384. The third-order valence-corrected chi connectivity index (χ3v) is 2.48. The molecule has 0 atom stereocenters. The standard InChI is InChI=1S/C11H11N5O4/c1-2-20-11(17)9-10(12)15(14-13-9)7-3-5-8(6-4-7)16(18)19/h3-6H,2,12H2,1H3. The zero-order valence-electron chi connectivity index (χ0n) is 10.5. The molecule has 9 nitrogen and oxygen atoms in total. The van der Waals surface area contributed by atoms with Crippen LogP contribution < -0.4 is 5.73 Å². The van der Waals surface area contributed by atoms with Gasteiger partial charge >= 0.3 is 5.97 Å². The van der Waals surface area contributed by atoms with Gasteiger partial charge in [-0.1, -0.05) is 5.21 Å². The highest BCUT2D eigenvalue weighted by Gasteiger charge is 2.19. The van der Waals surface area contributed by atoms with Crippen molar-refractivity contribution in [3.63, 3.8) is 0 Å². The van der Waals surface area contributed by atoms with E-state index < -0.39 is 10.9 Å². The molecular formula is C11H11N5O4. The second-order valence-corrected chi connectivity index (χ2v) is 3.73. The Balaban J connectivity index is 2.34. The summed E-state index contributed by atoms with van der Waals surface area (Å²) in [5, 5.41) is 17.9. The van der Waals surface area contributed by atoms with Gasteiger partial charge in [0.2, 0.25) is 5.69 Å². The maximum absolute atomic E-state index is 11.5. The summed E-state index contributed by atoms with van der Waals surface area (Å²) in [5.41, 5.74) is 6.07. The predicted octanol–water partition coefficient (Wildman–Crippen LogP) is 0.934. The lowest BCUT2D eigenvalue weighted by atomic mass is 10.3. The first-order chi connectivity index (χ1) is 9.54. The van der Waals surface area contributed by atoms with Gasteiger partial charge in [-0.3, -0.25) is 10.1 Å². The fraction of sp³-hybridized carbons (Fsp3) is 0.182. The van der Waals surface area contributed by atoms with E-state index >= 15 is 0 Å². The molecule has 0 aliphatic rings. The topological polar surface area (TPSA) is 126 Å². The van der Waals surface area contributed by atoms with Gasteiger partial charge in [-0.2, -0.15) is 4.68 Å². The van der Waals surface area contributed by atoms with Crippen molar-refractivity contribution in [3.8, 4) is 5.69 Å². The molecule has 0 amide bonds. The molecule has 0 fully saturated rings. The van der Waals surface area contributed by atoms with Crippen molar-refractivity contribution in [1.29, 1.82) is 0 Å². The van der Waals surface area contributed by atoms with E-state index in [1.54, 1.807) is 6.92 Å². The van der Waals surface area contributed by atoms with E-state index in [1.807, 2.05) is 0 Å². The highest BCUT2D eigenvalue weighted by atomic mass is 16.6. The van der Waals surface area contributed by atoms with Crippen molar-refractivity contribution in [3.05, 3.63) is 40.1 Å². The number of anilines is 1. The van der Waals surface area contributed by atoms with Crippen molar-refractivity contribution < 1.29 is 14.5 Å². The Morgan fingerprint density at radius 1 is 1.45 bits per heavy atom. The summed E-state index contributed by atoms with van der Waals surface area (Å²) < 4.78 is 5.99. The van der Waals surface area contributed by atoms with Gasteiger partial charge in [0.05, 0.1) is 17.2 Å². The number of carbonyl (C=O) groups excluding carboxylic acids is 1. The van der Waals surface area contributed by atoms with Crippen LogP contribution >= 0.6 is 0 Å². The number of benzene rings is 1. The number of hydrogen-bond donors (Lipinski definition) is 1. The molecule has 0 saturated carbocycles. The Morgan fingerprint density at radius 2 is 2.10 bits per heavy atom. The molecule has 9 heteroatoms. The third kappa shape index (κ3) is 2.41. The van der Waals surface area contributed by atoms with Crippen LogP contribution in [-0.4, -0.2) is 32.5 Å². The summed E-state index contributed by atoms with van der Waals surface area (Å²) in [6, 6.07) is 5.52. The number of aromatic nitrogens is 3. The summed E-state index contributed by atoms with van der Waals surface area (Å²) in [4.78, 5) is 21.6. The third-order valence-electron chi connectivity index (χ3n) is 2.48. The number of nitro groups is 1. The van der Waals surface area contributed by atoms with Gasteiger partial charge < -0.3 is 10.5 Å². The molecule has 2 aromatic rings. The molecule has 104 valence electrons. The quantitative estimate of drug-likeness (QED) is 0.500. The zero-order valence-corrected chi connectivity index (χ0v) is 10.5. The molecule has 2 rings (SSSR count). The van der Waals surface area contributed by atoms with Crippen LogP contribution in [0.1, 0.15) is 17.4 Å². The summed E-state index contributed by atoms with van der Waals surface area (Å²) in [6.07, 6.45) is 0. The van der Waals surface area contributed by atoms with Crippen LogP contribution in [0.2, 0.25) is 0 Å². The Bertz CT molecular complexity index is 649. The van der Waals surface area contributed by atoms with Crippen molar-refractivity contribution in [2.75, 3.05) is 12.3 Å². The van der Waals surface area contributed by atoms with E-state index in [0.29, 0.717) is 5.69 Å². The van der Waals surface area contributed by atoms with Gasteiger partial charge in [-0.05, 0) is 19.1 Å². The second-order valence-electron chi connectivity index (χ2n) is 3.73. The smallest absolute Gasteiger partial charge is 0.362 e. The first-order valence-electron chi connectivity index (χ1n) is 5.67. The number of nitrogens with two attached hydrogens (primary N) is 1. The SMILES string of the molecule is CCOC(=O)c1nnn(-c2ccc([N+](=O)[O-])cc2)c1N. The Hall–Kier alpha value is -2.97. The fourth-order valence-corrected chi connectivity index (χ4v) is 1.54. The molecule has 1 aromatic carbocycles. The number of hydrogen-bond acceptors (Lipinski definition) is 7. The van der Waals surface area contributed by atoms with Gasteiger partial charge in [-0.15, -0.1) is 5.10 Å². The average molecular weight is 277 g/mol. The Kier molecular flexibility index (Phi) is 3.60. The first kappa shape index (κ1) is 13.5. The molecule has 1 heterocycles. The summed E-state index contributed by atoms with van der Waals surface area (Å²) in [7, 11) is 0. The minimum atomic E-state index is -0.668. The molecule has 0 aliphatic heterocycles. The molecule has 0 aliphatic carbocycles. The number of nitrogen functional groups attached to an aromatic ring is 1. The Morgan fingerprint density at radius 3 is 2.65 bits per heavy atom. The largest absolute Gasteiger partial charge is 0.461 e. The van der Waals surface area contributed by atoms with Crippen LogP contribution in [-0.2, 0) is 4.74 Å². The molecule has 0 radical (unpaired) electrons. The molecule has 0 spiro atoms. The number of nitrogens with zero attached hydrogens (tertiary/aromatic N) is 4. The number of carbonyl (C=O) groups is 1. The van der Waals surface area contributed by atoms with E-state index in [4.69, 9.17) is 10.5 Å². The summed E-state index contributed by atoms with van der Waals surface area (Å²) in [6.45, 7) is 1.86. The van der Waals surface area contributed by atoms with Crippen LogP contribution in [0.5, 0.6) is 0 Å². The van der Waals surface area contributed by atoms with Crippen molar-refractivity contribution in [1.82, 2.24) is 15.0 Å². The number of nitro benzene ring substituents is 1. The van der Waals surface area contributed by atoms with E-state index in [0.717, 1.165) is 0 Å². The molecular weight excluding hydrogens is 266 g/mol. The van der Waals surface area contributed by atoms with E-state index in [9.17, 15) is 14.9 Å². The summed E-state index contributed by atoms with van der Waals surface area (Å²) in [5.74, 6) is -0.657. The van der Waals surface area contributed by atoms with E-state index in [2.05, 4.69) is 10.3 Å². The lowest BCUT2D eigenvalue weighted by Gasteiger charge is -2.03. The predicted molar refractivity (Wildman–Crippen MR) is 68.4 cm³/mol. The van der Waals surface area contributed by atoms with E-state index in [1.165, 1.54) is 28.9 Å². The van der Waals surface area contributed by atoms with Gasteiger partial charge in [0.1, 0.15) is 0 Å². The van der Waals surface area contributed by atoms with Gasteiger partial charge in [0.15, 0.2) is 5.82 Å². The minimum absolute atomic E-state index is 0.0114. The minimum Gasteiger partial charge on any atom is -0.461 e. The highest BCUT2D eigenvalue weighted by Crippen LogP contribution is 2.18. The van der Waals surface area contributed by atoms with Gasteiger partial charge in [-0.25, -0.2) is 4.79 Å². The molecule has 2 N–H and O–H groups in total. The van der Waals surface area contributed by atoms with Gasteiger partial charge in [0.25, 0.3) is 5.69 Å². The molecule has 0 bridgehead atoms. The van der Waals surface area contributed by atoms with Crippen LogP contribution in [0.3, 0.4) is 0 Å². The molecule has 20 heavy (non-hydrogen) atoms. The number of non-ortho nitro benzene ring substituents is 1. The van der Waals surface area contributed by atoms with Crippen molar-refractivity contribution in [2.45, 2.75) is 6.92 Å². The Labute approximate surface area is 113 Å². The second kappa shape index (κ2) is 5.34. The lowest BCUT2D eigenvalue weighted by Crippen LogP contribution is -2.09. The van der Waals surface area contributed by atoms with Crippen molar-refractivity contribution >= 4 is 17.5 Å². The molecule has 0 saturated heterocycles. The van der Waals surface area contributed by atoms with Crippen LogP contribution in [0, 0.1) is 10.1 Å². The highest BCUT2D eigenvalue weighted by molar-refractivity contribution is 5.92. The van der Waals surface area contributed by atoms with Crippen LogP contribution in [0.4, 0.5) is 11.5 Å². The van der Waals surface area contributed by atoms with Crippen LogP contribution in [0.15, 0.2) is 24.3 Å². The molecule has 1 aromatic heterocycles. The maximum Gasteiger partial charge on any atom is 0.362 e. The summed E-state index contributed by atoms with van der Waals surface area (Å²) >= 11 is 0. The number of rotatable bonds is 4. The number of esters is 1. The maximum atomic E-state index is 11.5. The first-order valence-corrected chi connectivity index (χ1v) is 5.67. The number of ether oxygens (including phenoxy) is 1. The molecule has 0 unspecified atom stereocenters. The van der Waals surface area contributed by atoms with Crippen LogP contribution in [0.25, 0.3) is 5.69 Å². The van der Waals surface area contributed by atoms with Gasteiger partial charge in [0, 0.05) is 12.1 Å². The van der Waals surface area contributed by atoms with Crippen molar-refractivity contribution in [2.24, 2.45) is 0 Å². The van der Waals surface area contributed by atoms with E-state index in [-0.39, 0.29) is 23.8 Å².